The zero-order valence-electron chi connectivity index (χ0n) is 15.1. The van der Waals surface area contributed by atoms with Crippen LogP contribution in [0.5, 0.6) is 0 Å². The van der Waals surface area contributed by atoms with Crippen LogP contribution in [0.15, 0.2) is 34.8 Å². The molecule has 7 heteroatoms. The second-order valence-electron chi connectivity index (χ2n) is 5.92. The van der Waals surface area contributed by atoms with Gasteiger partial charge in [0.25, 0.3) is 0 Å². The van der Waals surface area contributed by atoms with E-state index in [-0.39, 0.29) is 16.2 Å². The van der Waals surface area contributed by atoms with E-state index in [0.29, 0.717) is 12.4 Å². The van der Waals surface area contributed by atoms with Crippen LogP contribution in [0.3, 0.4) is 0 Å². The summed E-state index contributed by atoms with van der Waals surface area (Å²) in [5, 5.41) is 0.0616. The van der Waals surface area contributed by atoms with Crippen LogP contribution < -0.4 is 4.90 Å². The smallest absolute Gasteiger partial charge is 0.224 e. The molecule has 1 aliphatic heterocycles. The van der Waals surface area contributed by atoms with Crippen molar-refractivity contribution < 1.29 is 8.78 Å². The van der Waals surface area contributed by atoms with Crippen molar-refractivity contribution in [2.45, 2.75) is 33.1 Å². The van der Waals surface area contributed by atoms with Crippen molar-refractivity contribution >= 4 is 49.9 Å². The minimum atomic E-state index is -0.954. The summed E-state index contributed by atoms with van der Waals surface area (Å²) < 4.78 is 29.4. The van der Waals surface area contributed by atoms with Crippen LogP contribution >= 0.6 is 27.5 Å². The first-order chi connectivity index (χ1) is 13.1. The summed E-state index contributed by atoms with van der Waals surface area (Å²) in [5.74, 6) is -1.58. The summed E-state index contributed by atoms with van der Waals surface area (Å²) in [6.07, 6.45) is 2.81. The molecule has 1 aromatic heterocycles. The number of nitrogens with zero attached hydrogens (tertiary/aromatic N) is 3. The maximum atomic E-state index is 14.6. The fourth-order valence-electron chi connectivity index (χ4n) is 3.27. The second kappa shape index (κ2) is 8.48. The standard InChI is InChI=1S/C18H13BrClF2N3.C2H6/c19-11-5-3-6-14-10(11)4-1-2-9-25(14)17-15-13(23-18(20)24-17)8-7-12(21)16(15)22;1-2/h3,5-8H,1-2,4,9H2;1-2H3. The molecule has 0 radical (unpaired) electrons. The van der Waals surface area contributed by atoms with Crippen LogP contribution in [0, 0.1) is 11.6 Å². The van der Waals surface area contributed by atoms with Crippen molar-refractivity contribution in [2.75, 3.05) is 11.4 Å². The van der Waals surface area contributed by atoms with Gasteiger partial charge in [-0.2, -0.15) is 4.98 Å². The van der Waals surface area contributed by atoms with E-state index in [2.05, 4.69) is 25.9 Å². The van der Waals surface area contributed by atoms with Gasteiger partial charge in [0.15, 0.2) is 11.6 Å². The van der Waals surface area contributed by atoms with E-state index in [1.54, 1.807) is 0 Å². The quantitative estimate of drug-likeness (QED) is 0.378. The van der Waals surface area contributed by atoms with Gasteiger partial charge in [-0.05, 0) is 60.7 Å². The molecule has 3 aromatic rings. The largest absolute Gasteiger partial charge is 0.325 e. The van der Waals surface area contributed by atoms with E-state index in [9.17, 15) is 8.78 Å². The molecule has 27 heavy (non-hydrogen) atoms. The van der Waals surface area contributed by atoms with Crippen molar-refractivity contribution in [1.29, 1.82) is 0 Å². The molecule has 0 atom stereocenters. The Kier molecular flexibility index (Phi) is 6.27. The van der Waals surface area contributed by atoms with Crippen molar-refractivity contribution in [1.82, 2.24) is 9.97 Å². The molecule has 3 nitrogen and oxygen atoms in total. The van der Waals surface area contributed by atoms with Gasteiger partial charge in [0, 0.05) is 16.7 Å². The third-order valence-corrected chi connectivity index (χ3v) is 5.32. The SMILES string of the molecule is CC.Fc1ccc2nc(Cl)nc(N3CCCCc4c(Br)cccc43)c2c1F. The molecule has 0 saturated carbocycles. The molecule has 0 amide bonds. The van der Waals surface area contributed by atoms with E-state index >= 15 is 0 Å². The fraction of sp³-hybridized carbons (Fsp3) is 0.300. The van der Waals surface area contributed by atoms with Crippen LogP contribution in [-0.2, 0) is 6.42 Å². The molecule has 2 heterocycles. The van der Waals surface area contributed by atoms with Gasteiger partial charge in [0.05, 0.1) is 10.9 Å². The number of fused-ring (bicyclic) bond motifs is 2. The Morgan fingerprint density at radius 1 is 1.07 bits per heavy atom. The Labute approximate surface area is 170 Å². The molecule has 0 aliphatic carbocycles. The normalized spacial score (nSPS) is 13.6. The molecule has 4 rings (SSSR count). The first-order valence-corrected chi connectivity index (χ1v) is 10.1. The van der Waals surface area contributed by atoms with Crippen LogP contribution in [-0.4, -0.2) is 16.5 Å². The lowest BCUT2D eigenvalue weighted by Crippen LogP contribution is -2.20. The molecule has 2 aromatic carbocycles. The van der Waals surface area contributed by atoms with Crippen LogP contribution in [0.25, 0.3) is 10.9 Å². The van der Waals surface area contributed by atoms with Crippen molar-refractivity contribution in [3.05, 3.63) is 57.3 Å². The summed E-state index contributed by atoms with van der Waals surface area (Å²) >= 11 is 9.65. The Hall–Kier alpha value is -1.79. The average molecular weight is 455 g/mol. The maximum Gasteiger partial charge on any atom is 0.224 e. The van der Waals surface area contributed by atoms with Crippen molar-refractivity contribution in [2.24, 2.45) is 0 Å². The monoisotopic (exact) mass is 453 g/mol. The zero-order chi connectivity index (χ0) is 19.6. The van der Waals surface area contributed by atoms with Crippen molar-refractivity contribution in [3.63, 3.8) is 0 Å². The lowest BCUT2D eigenvalue weighted by atomic mass is 10.1. The molecule has 0 saturated heterocycles. The molecule has 0 fully saturated rings. The van der Waals surface area contributed by atoms with E-state index < -0.39 is 11.6 Å². The Morgan fingerprint density at radius 2 is 1.85 bits per heavy atom. The van der Waals surface area contributed by atoms with E-state index in [0.717, 1.165) is 41.1 Å². The molecule has 0 unspecified atom stereocenters. The van der Waals surface area contributed by atoms with Crippen molar-refractivity contribution in [3.8, 4) is 0 Å². The summed E-state index contributed by atoms with van der Waals surface area (Å²) in [5.41, 5.74) is 2.33. The Bertz CT molecular complexity index is 981. The van der Waals surface area contributed by atoms with Gasteiger partial charge >= 0.3 is 0 Å². The summed E-state index contributed by atoms with van der Waals surface area (Å²) in [6, 6.07) is 8.34. The van der Waals surface area contributed by atoms with Gasteiger partial charge in [-0.3, -0.25) is 0 Å². The summed E-state index contributed by atoms with van der Waals surface area (Å²) in [7, 11) is 0. The molecule has 0 bridgehead atoms. The first kappa shape index (κ1) is 20.0. The minimum Gasteiger partial charge on any atom is -0.325 e. The van der Waals surface area contributed by atoms with Gasteiger partial charge in [-0.1, -0.05) is 35.8 Å². The van der Waals surface area contributed by atoms with Gasteiger partial charge in [-0.15, -0.1) is 0 Å². The number of anilines is 2. The zero-order valence-corrected chi connectivity index (χ0v) is 17.4. The van der Waals surface area contributed by atoms with Crippen LogP contribution in [0.4, 0.5) is 20.3 Å². The molecular weight excluding hydrogens is 436 g/mol. The Balaban J connectivity index is 0.00000102. The summed E-state index contributed by atoms with van der Waals surface area (Å²) in [4.78, 5) is 10.2. The minimum absolute atomic E-state index is 0.00861. The number of hydrogen-bond acceptors (Lipinski definition) is 3. The van der Waals surface area contributed by atoms with E-state index in [1.807, 2.05) is 36.9 Å². The molecular formula is C20H19BrClF2N3. The lowest BCUT2D eigenvalue weighted by Gasteiger charge is -2.25. The number of rotatable bonds is 1. The number of halogens is 4. The van der Waals surface area contributed by atoms with Crippen LogP contribution in [0.2, 0.25) is 5.28 Å². The lowest BCUT2D eigenvalue weighted by molar-refractivity contribution is 0.516. The highest BCUT2D eigenvalue weighted by Gasteiger charge is 2.24. The second-order valence-corrected chi connectivity index (χ2v) is 7.11. The predicted molar refractivity (Wildman–Crippen MR) is 110 cm³/mol. The van der Waals surface area contributed by atoms with E-state index in [4.69, 9.17) is 11.6 Å². The topological polar surface area (TPSA) is 29.0 Å². The third kappa shape index (κ3) is 3.78. The Morgan fingerprint density at radius 3 is 2.63 bits per heavy atom. The highest BCUT2D eigenvalue weighted by atomic mass is 79.9. The molecule has 1 aliphatic rings. The third-order valence-electron chi connectivity index (χ3n) is 4.41. The number of aromatic nitrogens is 2. The van der Waals surface area contributed by atoms with E-state index in [1.165, 1.54) is 6.07 Å². The highest BCUT2D eigenvalue weighted by Crippen LogP contribution is 2.39. The molecule has 0 spiro atoms. The molecule has 0 N–H and O–H groups in total. The fourth-order valence-corrected chi connectivity index (χ4v) is 3.99. The van der Waals surface area contributed by atoms with Gasteiger partial charge in [0.1, 0.15) is 5.82 Å². The number of hydrogen-bond donors (Lipinski definition) is 0. The first-order valence-electron chi connectivity index (χ1n) is 8.92. The highest BCUT2D eigenvalue weighted by molar-refractivity contribution is 9.10. The maximum absolute atomic E-state index is 14.6. The number of benzene rings is 2. The van der Waals surface area contributed by atoms with Gasteiger partial charge < -0.3 is 4.90 Å². The summed E-state index contributed by atoms with van der Waals surface area (Å²) in [6.45, 7) is 4.64. The average Bonchev–Trinajstić information content (AvgIpc) is 2.89. The van der Waals surface area contributed by atoms with Crippen LogP contribution in [0.1, 0.15) is 32.3 Å². The van der Waals surface area contributed by atoms with Gasteiger partial charge in [-0.25, -0.2) is 13.8 Å². The molecule has 142 valence electrons. The van der Waals surface area contributed by atoms with Gasteiger partial charge in [0.2, 0.25) is 5.28 Å². The predicted octanol–water partition coefficient (Wildman–Crippen LogP) is 6.82.